The smallest absolute Gasteiger partial charge is 0.251 e. The minimum absolute atomic E-state index is 0.113. The second-order valence-corrected chi connectivity index (χ2v) is 5.75. The summed E-state index contributed by atoms with van der Waals surface area (Å²) in [5.74, 6) is -0.275. The van der Waals surface area contributed by atoms with E-state index in [0.717, 1.165) is 12.0 Å². The van der Waals surface area contributed by atoms with Crippen LogP contribution in [0.25, 0.3) is 0 Å². The van der Waals surface area contributed by atoms with Crippen LogP contribution >= 0.6 is 0 Å². The van der Waals surface area contributed by atoms with Gasteiger partial charge < -0.3 is 15.7 Å². The molecule has 1 aromatic rings. The highest BCUT2D eigenvalue weighted by Crippen LogP contribution is 2.14. The zero-order valence-corrected chi connectivity index (χ0v) is 12.9. The molecular weight excluding hydrogens is 268 g/mol. The normalized spacial score (nSPS) is 11.0. The highest BCUT2D eigenvalue weighted by atomic mass is 16.3. The van der Waals surface area contributed by atoms with E-state index in [0.29, 0.717) is 25.1 Å². The maximum absolute atomic E-state index is 12.0. The van der Waals surface area contributed by atoms with Crippen LogP contribution in [0.5, 0.6) is 0 Å². The topological polar surface area (TPSA) is 78.4 Å². The summed E-state index contributed by atoms with van der Waals surface area (Å²) in [5.41, 5.74) is 0.897. The molecule has 3 N–H and O–H groups in total. The number of carbonyl (C=O) groups excluding carboxylic acids is 2. The Bertz CT molecular complexity index is 493. The number of hydrogen-bond acceptors (Lipinski definition) is 3. The Hall–Kier alpha value is -1.88. The van der Waals surface area contributed by atoms with Crippen molar-refractivity contribution in [2.24, 2.45) is 0 Å². The standard InChI is InChI=1S/C16H24N2O3/c1-12(19)17-9-10-18-15(20)14-6-4-5-13(11-14)7-8-16(2,3)21/h4-6,11,21H,7-10H2,1-3H3,(H,17,19)(H,18,20). The van der Waals surface area contributed by atoms with Gasteiger partial charge in [0.05, 0.1) is 5.60 Å². The molecule has 0 bridgehead atoms. The molecule has 0 aliphatic heterocycles. The van der Waals surface area contributed by atoms with Gasteiger partial charge in [0, 0.05) is 25.6 Å². The van der Waals surface area contributed by atoms with Crippen LogP contribution in [-0.4, -0.2) is 35.6 Å². The van der Waals surface area contributed by atoms with Crippen molar-refractivity contribution in [3.63, 3.8) is 0 Å². The Morgan fingerprint density at radius 1 is 1.19 bits per heavy atom. The van der Waals surface area contributed by atoms with Gasteiger partial charge >= 0.3 is 0 Å². The van der Waals surface area contributed by atoms with Crippen molar-refractivity contribution >= 4 is 11.8 Å². The number of nitrogens with one attached hydrogen (secondary N) is 2. The van der Waals surface area contributed by atoms with Crippen molar-refractivity contribution in [1.29, 1.82) is 0 Å². The summed E-state index contributed by atoms with van der Waals surface area (Å²) >= 11 is 0. The van der Waals surface area contributed by atoms with Gasteiger partial charge in [-0.05, 0) is 44.4 Å². The predicted octanol–water partition coefficient (Wildman–Crippen LogP) is 1.26. The third-order valence-electron chi connectivity index (χ3n) is 3.00. The Morgan fingerprint density at radius 3 is 2.48 bits per heavy atom. The Labute approximate surface area is 125 Å². The van der Waals surface area contributed by atoms with Gasteiger partial charge in [-0.1, -0.05) is 12.1 Å². The highest BCUT2D eigenvalue weighted by Gasteiger charge is 2.13. The molecule has 0 atom stereocenters. The molecule has 0 saturated carbocycles. The lowest BCUT2D eigenvalue weighted by Gasteiger charge is -2.16. The summed E-state index contributed by atoms with van der Waals surface area (Å²) in [6, 6.07) is 7.36. The molecule has 0 aliphatic rings. The van der Waals surface area contributed by atoms with Crippen molar-refractivity contribution in [2.75, 3.05) is 13.1 Å². The van der Waals surface area contributed by atoms with Gasteiger partial charge in [0.25, 0.3) is 5.91 Å². The van der Waals surface area contributed by atoms with E-state index in [-0.39, 0.29) is 11.8 Å². The Balaban J connectivity index is 2.51. The van der Waals surface area contributed by atoms with Crippen molar-refractivity contribution in [2.45, 2.75) is 39.2 Å². The molecule has 0 unspecified atom stereocenters. The van der Waals surface area contributed by atoms with E-state index in [2.05, 4.69) is 10.6 Å². The number of carbonyl (C=O) groups is 2. The first kappa shape index (κ1) is 17.2. The van der Waals surface area contributed by atoms with Crippen molar-refractivity contribution in [3.8, 4) is 0 Å². The van der Waals surface area contributed by atoms with Crippen molar-refractivity contribution in [3.05, 3.63) is 35.4 Å². The fraction of sp³-hybridized carbons (Fsp3) is 0.500. The summed E-state index contributed by atoms with van der Waals surface area (Å²) in [6.45, 7) is 5.79. The second kappa shape index (κ2) is 7.78. The molecule has 0 aromatic heterocycles. The lowest BCUT2D eigenvalue weighted by Crippen LogP contribution is -2.33. The molecule has 1 aromatic carbocycles. The van der Waals surface area contributed by atoms with Crippen LogP contribution in [0.2, 0.25) is 0 Å². The maximum atomic E-state index is 12.0. The van der Waals surface area contributed by atoms with E-state index >= 15 is 0 Å². The molecular formula is C16H24N2O3. The molecule has 0 aliphatic carbocycles. The molecule has 0 radical (unpaired) electrons. The van der Waals surface area contributed by atoms with E-state index in [4.69, 9.17) is 0 Å². The van der Waals surface area contributed by atoms with Crippen molar-refractivity contribution < 1.29 is 14.7 Å². The van der Waals surface area contributed by atoms with Crippen LogP contribution in [-0.2, 0) is 11.2 Å². The van der Waals surface area contributed by atoms with Gasteiger partial charge in [-0.25, -0.2) is 0 Å². The number of rotatable bonds is 7. The first-order valence-corrected chi connectivity index (χ1v) is 7.12. The molecule has 0 heterocycles. The van der Waals surface area contributed by atoms with Gasteiger partial charge in [0.2, 0.25) is 5.91 Å². The zero-order valence-electron chi connectivity index (χ0n) is 12.9. The number of amides is 2. The first-order valence-electron chi connectivity index (χ1n) is 7.12. The molecule has 0 saturated heterocycles. The van der Waals surface area contributed by atoms with E-state index in [1.807, 2.05) is 18.2 Å². The van der Waals surface area contributed by atoms with E-state index < -0.39 is 5.60 Å². The minimum atomic E-state index is -0.712. The largest absolute Gasteiger partial charge is 0.390 e. The molecule has 0 spiro atoms. The SMILES string of the molecule is CC(=O)NCCNC(=O)c1cccc(CCC(C)(C)O)c1. The second-order valence-electron chi connectivity index (χ2n) is 5.75. The van der Waals surface area contributed by atoms with Crippen LogP contribution < -0.4 is 10.6 Å². The van der Waals surface area contributed by atoms with Crippen LogP contribution in [0, 0.1) is 0 Å². The Kier molecular flexibility index (Phi) is 6.37. The average molecular weight is 292 g/mol. The van der Waals surface area contributed by atoms with Gasteiger partial charge in [-0.3, -0.25) is 9.59 Å². The molecule has 21 heavy (non-hydrogen) atoms. The number of hydrogen-bond donors (Lipinski definition) is 3. The summed E-state index contributed by atoms with van der Waals surface area (Å²) in [7, 11) is 0. The van der Waals surface area contributed by atoms with E-state index in [1.54, 1.807) is 19.9 Å². The molecule has 1 rings (SSSR count). The molecule has 5 nitrogen and oxygen atoms in total. The molecule has 5 heteroatoms. The van der Waals surface area contributed by atoms with Crippen LogP contribution in [0.4, 0.5) is 0 Å². The lowest BCUT2D eigenvalue weighted by molar-refractivity contribution is -0.118. The van der Waals surface area contributed by atoms with Crippen molar-refractivity contribution in [1.82, 2.24) is 10.6 Å². The first-order chi connectivity index (χ1) is 9.78. The fourth-order valence-corrected chi connectivity index (χ4v) is 1.83. The third kappa shape index (κ3) is 7.46. The number of benzene rings is 1. The van der Waals surface area contributed by atoms with Crippen LogP contribution in [0.1, 0.15) is 43.1 Å². The van der Waals surface area contributed by atoms with Crippen LogP contribution in [0.3, 0.4) is 0 Å². The molecule has 2 amide bonds. The molecule has 0 fully saturated rings. The summed E-state index contributed by atoms with van der Waals surface area (Å²) in [4.78, 5) is 22.7. The summed E-state index contributed by atoms with van der Waals surface area (Å²) in [5, 5.41) is 15.1. The Morgan fingerprint density at radius 2 is 1.86 bits per heavy atom. The number of aryl methyl sites for hydroxylation is 1. The van der Waals surface area contributed by atoms with Gasteiger partial charge in [-0.2, -0.15) is 0 Å². The number of aliphatic hydroxyl groups is 1. The zero-order chi connectivity index (χ0) is 15.9. The quantitative estimate of drug-likeness (QED) is 0.662. The highest BCUT2D eigenvalue weighted by molar-refractivity contribution is 5.94. The average Bonchev–Trinajstić information content (AvgIpc) is 2.40. The van der Waals surface area contributed by atoms with Gasteiger partial charge in [0.15, 0.2) is 0 Å². The summed E-state index contributed by atoms with van der Waals surface area (Å²) < 4.78 is 0. The third-order valence-corrected chi connectivity index (χ3v) is 3.00. The predicted molar refractivity (Wildman–Crippen MR) is 82.1 cm³/mol. The molecule has 116 valence electrons. The fourth-order valence-electron chi connectivity index (χ4n) is 1.83. The minimum Gasteiger partial charge on any atom is -0.390 e. The van der Waals surface area contributed by atoms with Crippen LogP contribution in [0.15, 0.2) is 24.3 Å². The van der Waals surface area contributed by atoms with Gasteiger partial charge in [0.1, 0.15) is 0 Å². The summed E-state index contributed by atoms with van der Waals surface area (Å²) in [6.07, 6.45) is 1.36. The van der Waals surface area contributed by atoms with Gasteiger partial charge in [-0.15, -0.1) is 0 Å². The van der Waals surface area contributed by atoms with E-state index in [1.165, 1.54) is 6.92 Å². The van der Waals surface area contributed by atoms with E-state index in [9.17, 15) is 14.7 Å². The monoisotopic (exact) mass is 292 g/mol. The lowest BCUT2D eigenvalue weighted by atomic mass is 9.98. The maximum Gasteiger partial charge on any atom is 0.251 e.